The highest BCUT2D eigenvalue weighted by Gasteiger charge is 2.33. The first-order valence-electron chi connectivity index (χ1n) is 15.2. The number of ether oxygens (including phenoxy) is 2. The quantitative estimate of drug-likeness (QED) is 0.220. The van der Waals surface area contributed by atoms with Crippen LogP contribution in [0.4, 0.5) is 15.9 Å². The number of aliphatic imine (C=N–C) groups is 1. The third-order valence-electron chi connectivity index (χ3n) is 8.50. The molecule has 1 aromatic heterocycles. The molecule has 3 heterocycles. The Kier molecular flexibility index (Phi) is 10.3. The summed E-state index contributed by atoms with van der Waals surface area (Å²) in [5.41, 5.74) is 1.56. The summed E-state index contributed by atoms with van der Waals surface area (Å²) in [6.07, 6.45) is 3.29. The van der Waals surface area contributed by atoms with Crippen LogP contribution in [0.5, 0.6) is 5.88 Å². The van der Waals surface area contributed by atoms with Gasteiger partial charge in [-0.2, -0.15) is 10.2 Å². The number of nitrogens with zero attached hydrogens (tertiary/aromatic N) is 6. The van der Waals surface area contributed by atoms with Gasteiger partial charge in [-0.3, -0.25) is 4.90 Å². The summed E-state index contributed by atoms with van der Waals surface area (Å²) in [6.45, 7) is 5.14. The maximum atomic E-state index is 14.3. The summed E-state index contributed by atoms with van der Waals surface area (Å²) in [7, 11) is 4.04. The van der Waals surface area contributed by atoms with Crippen LogP contribution in [0, 0.1) is 17.1 Å². The number of hydrogen-bond acceptors (Lipinski definition) is 8. The Morgan fingerprint density at radius 2 is 1.93 bits per heavy atom. The number of aromatic carboxylic acids is 1. The minimum absolute atomic E-state index is 0.00614. The van der Waals surface area contributed by atoms with Gasteiger partial charge in [-0.1, -0.05) is 12.1 Å². The maximum absolute atomic E-state index is 14.3. The first-order valence-corrected chi connectivity index (χ1v) is 15.2. The molecule has 2 aliphatic rings. The predicted molar refractivity (Wildman–Crippen MR) is 170 cm³/mol. The lowest BCUT2D eigenvalue weighted by Gasteiger charge is -2.36. The molecule has 3 aromatic rings. The van der Waals surface area contributed by atoms with Crippen molar-refractivity contribution in [2.75, 3.05) is 45.2 Å². The molecule has 0 amide bonds. The molecular weight excluding hydrogens is 575 g/mol. The van der Waals surface area contributed by atoms with Gasteiger partial charge in [0.05, 0.1) is 35.5 Å². The average molecular weight is 615 g/mol. The van der Waals surface area contributed by atoms with E-state index in [-0.39, 0.29) is 29.9 Å². The van der Waals surface area contributed by atoms with E-state index in [0.717, 1.165) is 50.6 Å². The van der Waals surface area contributed by atoms with Crippen LogP contribution in [-0.4, -0.2) is 90.2 Å². The summed E-state index contributed by atoms with van der Waals surface area (Å²) in [4.78, 5) is 27.7. The SMILES string of the molecule is CC1CCC(CN(C)c2cccc(OCc3ccc(C#N)cc3F)n2)N1C/C(=N/c1ccc(C(=O)O)cc1)N(C)CC1CCO1. The fourth-order valence-corrected chi connectivity index (χ4v) is 5.67. The van der Waals surface area contributed by atoms with Gasteiger partial charge in [0.2, 0.25) is 5.88 Å². The Morgan fingerprint density at radius 3 is 2.60 bits per heavy atom. The van der Waals surface area contributed by atoms with E-state index >= 15 is 0 Å². The fraction of sp³-hybridized carbons (Fsp3) is 0.412. The molecule has 11 heteroatoms. The lowest BCUT2D eigenvalue weighted by Crippen LogP contribution is -2.49. The number of aromatic nitrogens is 1. The maximum Gasteiger partial charge on any atom is 0.335 e. The van der Waals surface area contributed by atoms with Gasteiger partial charge in [0, 0.05) is 57.5 Å². The zero-order valence-electron chi connectivity index (χ0n) is 25.9. The number of benzene rings is 2. The summed E-state index contributed by atoms with van der Waals surface area (Å²) in [5, 5.41) is 18.3. The molecule has 3 unspecified atom stereocenters. The molecule has 236 valence electrons. The van der Waals surface area contributed by atoms with Crippen molar-refractivity contribution < 1.29 is 23.8 Å². The number of nitriles is 1. The summed E-state index contributed by atoms with van der Waals surface area (Å²) in [6, 6.07) is 19.0. The van der Waals surface area contributed by atoms with E-state index in [1.54, 1.807) is 42.5 Å². The first kappa shape index (κ1) is 31.9. The van der Waals surface area contributed by atoms with Gasteiger partial charge >= 0.3 is 5.97 Å². The first-order chi connectivity index (χ1) is 21.7. The highest BCUT2D eigenvalue weighted by atomic mass is 19.1. The summed E-state index contributed by atoms with van der Waals surface area (Å²) in [5.74, 6) is 0.596. The smallest absolute Gasteiger partial charge is 0.335 e. The van der Waals surface area contributed by atoms with Gasteiger partial charge in [0.1, 0.15) is 24.1 Å². The van der Waals surface area contributed by atoms with Crippen molar-refractivity contribution >= 4 is 23.3 Å². The number of amidine groups is 1. The number of carboxylic acid groups (broad SMARTS) is 1. The van der Waals surface area contributed by atoms with Crippen molar-refractivity contribution in [2.24, 2.45) is 4.99 Å². The third-order valence-corrected chi connectivity index (χ3v) is 8.50. The number of carboxylic acids is 1. The Hall–Kier alpha value is -4.53. The zero-order valence-corrected chi connectivity index (χ0v) is 25.9. The van der Waals surface area contributed by atoms with E-state index in [9.17, 15) is 14.3 Å². The number of pyridine rings is 1. The Morgan fingerprint density at radius 1 is 1.16 bits per heavy atom. The van der Waals surface area contributed by atoms with Crippen LogP contribution in [0.2, 0.25) is 0 Å². The molecule has 0 saturated carbocycles. The summed E-state index contributed by atoms with van der Waals surface area (Å²) < 4.78 is 25.8. The van der Waals surface area contributed by atoms with E-state index in [2.05, 4.69) is 26.6 Å². The van der Waals surface area contributed by atoms with E-state index in [1.165, 1.54) is 6.07 Å². The van der Waals surface area contributed by atoms with E-state index in [0.29, 0.717) is 29.7 Å². The Bertz CT molecular complexity index is 1550. The lowest BCUT2D eigenvalue weighted by atomic mass is 10.1. The second-order valence-electron chi connectivity index (χ2n) is 11.7. The number of hydrogen-bond donors (Lipinski definition) is 1. The van der Waals surface area contributed by atoms with Crippen molar-refractivity contribution in [3.8, 4) is 11.9 Å². The standard InChI is InChI=1S/C34H39FN6O4/c1-23-7-14-28(19-39(2)31-5-4-6-33(38-31)45-22-26-9-8-24(18-36)17-30(26)35)41(23)21-32(40(3)20-29-15-16-44-29)37-27-12-10-25(11-13-27)34(42)43/h4-6,8-13,17,23,28-29H,7,14-16,19-22H2,1-3H3,(H,42,43)/b37-32-. The van der Waals surface area contributed by atoms with Gasteiger partial charge in [-0.05, 0) is 68.7 Å². The van der Waals surface area contributed by atoms with Gasteiger partial charge < -0.3 is 24.4 Å². The highest BCUT2D eigenvalue weighted by molar-refractivity contribution is 5.89. The molecular formula is C34H39FN6O4. The normalized spacial score (nSPS) is 19.9. The molecule has 2 saturated heterocycles. The Labute approximate surface area is 263 Å². The monoisotopic (exact) mass is 614 g/mol. The second-order valence-corrected chi connectivity index (χ2v) is 11.7. The Balaban J connectivity index is 1.27. The van der Waals surface area contributed by atoms with Gasteiger partial charge in [-0.15, -0.1) is 0 Å². The number of anilines is 1. The van der Waals surface area contributed by atoms with E-state index in [4.69, 9.17) is 19.7 Å². The topological polar surface area (TPSA) is 115 Å². The molecule has 0 spiro atoms. The zero-order chi connectivity index (χ0) is 31.9. The molecule has 0 aliphatic carbocycles. The van der Waals surface area contributed by atoms with Crippen LogP contribution in [0.1, 0.15) is 47.7 Å². The molecule has 10 nitrogen and oxygen atoms in total. The number of carbonyl (C=O) groups is 1. The molecule has 1 N–H and O–H groups in total. The highest BCUT2D eigenvalue weighted by Crippen LogP contribution is 2.27. The van der Waals surface area contributed by atoms with Crippen LogP contribution >= 0.6 is 0 Å². The molecule has 3 atom stereocenters. The average Bonchev–Trinajstić information content (AvgIpc) is 3.36. The van der Waals surface area contributed by atoms with Gasteiger partial charge in [0.15, 0.2) is 0 Å². The molecule has 2 fully saturated rings. The van der Waals surface area contributed by atoms with Crippen molar-refractivity contribution in [3.63, 3.8) is 0 Å². The third kappa shape index (κ3) is 8.15. The molecule has 2 aromatic carbocycles. The van der Waals surface area contributed by atoms with Crippen LogP contribution in [0.25, 0.3) is 0 Å². The molecule has 2 aliphatic heterocycles. The molecule has 0 radical (unpaired) electrons. The van der Waals surface area contributed by atoms with Crippen molar-refractivity contribution in [2.45, 2.75) is 51.0 Å². The van der Waals surface area contributed by atoms with Crippen LogP contribution in [0.15, 0.2) is 65.7 Å². The largest absolute Gasteiger partial charge is 0.478 e. The van der Waals surface area contributed by atoms with E-state index < -0.39 is 11.8 Å². The van der Waals surface area contributed by atoms with Crippen molar-refractivity contribution in [1.82, 2.24) is 14.8 Å². The van der Waals surface area contributed by atoms with Crippen LogP contribution in [-0.2, 0) is 11.3 Å². The minimum atomic E-state index is -0.963. The lowest BCUT2D eigenvalue weighted by molar-refractivity contribution is -0.0572. The van der Waals surface area contributed by atoms with Crippen molar-refractivity contribution in [3.05, 3.63) is 83.2 Å². The molecule has 45 heavy (non-hydrogen) atoms. The second kappa shape index (κ2) is 14.5. The predicted octanol–water partition coefficient (Wildman–Crippen LogP) is 5.11. The number of rotatable bonds is 12. The number of halogens is 1. The van der Waals surface area contributed by atoms with Crippen molar-refractivity contribution in [1.29, 1.82) is 5.26 Å². The molecule has 0 bridgehead atoms. The summed E-state index contributed by atoms with van der Waals surface area (Å²) >= 11 is 0. The van der Waals surface area contributed by atoms with E-state index in [1.807, 2.05) is 32.3 Å². The van der Waals surface area contributed by atoms with Gasteiger partial charge in [0.25, 0.3) is 0 Å². The minimum Gasteiger partial charge on any atom is -0.478 e. The molecule has 5 rings (SSSR count). The van der Waals surface area contributed by atoms with Crippen LogP contribution < -0.4 is 9.64 Å². The number of likely N-dealkylation sites (tertiary alicyclic amines) is 1. The van der Waals surface area contributed by atoms with Crippen LogP contribution in [0.3, 0.4) is 0 Å². The number of likely N-dealkylation sites (N-methyl/N-ethyl adjacent to an activating group) is 2. The fourth-order valence-electron chi connectivity index (χ4n) is 5.67. The van der Waals surface area contributed by atoms with Gasteiger partial charge in [-0.25, -0.2) is 14.2 Å².